The van der Waals surface area contributed by atoms with Gasteiger partial charge in [-0.2, -0.15) is 0 Å². The van der Waals surface area contributed by atoms with Crippen LogP contribution in [0.15, 0.2) is 91.0 Å². The minimum Gasteiger partial charge on any atom is -0.459 e. The Morgan fingerprint density at radius 1 is 0.722 bits per heavy atom. The molecule has 4 atom stereocenters. The summed E-state index contributed by atoms with van der Waals surface area (Å²) in [6.45, 7) is 1.32. The largest absolute Gasteiger partial charge is 0.459 e. The predicted octanol–water partition coefficient (Wildman–Crippen LogP) is 4.06. The van der Waals surface area contributed by atoms with E-state index in [9.17, 15) is 14.4 Å². The van der Waals surface area contributed by atoms with Crippen molar-refractivity contribution in [2.75, 3.05) is 13.7 Å². The van der Waals surface area contributed by atoms with E-state index in [0.717, 1.165) is 0 Å². The van der Waals surface area contributed by atoms with Gasteiger partial charge in [0, 0.05) is 7.11 Å². The van der Waals surface area contributed by atoms with E-state index < -0.39 is 42.0 Å². The zero-order valence-corrected chi connectivity index (χ0v) is 19.9. The Labute approximate surface area is 208 Å². The lowest BCUT2D eigenvalue weighted by Gasteiger charge is -2.30. The molecule has 3 aromatic carbocycles. The summed E-state index contributed by atoms with van der Waals surface area (Å²) in [6.07, 6.45) is -3.35. The summed E-state index contributed by atoms with van der Waals surface area (Å²) in [6, 6.07) is 25.2. The van der Waals surface area contributed by atoms with Crippen LogP contribution in [0, 0.1) is 0 Å². The number of benzene rings is 3. The monoisotopic (exact) mass is 490 g/mol. The average Bonchev–Trinajstić information content (AvgIpc) is 3.19. The van der Waals surface area contributed by atoms with E-state index in [1.165, 1.54) is 7.11 Å². The topological polar surface area (TPSA) is 97.4 Å². The van der Waals surface area contributed by atoms with Crippen LogP contribution in [0.5, 0.6) is 0 Å². The highest BCUT2D eigenvalue weighted by atomic mass is 16.7. The minimum atomic E-state index is -1.38. The molecule has 186 valence electrons. The lowest BCUT2D eigenvalue weighted by molar-refractivity contribution is -0.183. The first-order valence-corrected chi connectivity index (χ1v) is 11.4. The maximum atomic E-state index is 13.0. The molecule has 0 bridgehead atoms. The molecule has 0 unspecified atom stereocenters. The molecule has 0 saturated carbocycles. The average molecular weight is 491 g/mol. The van der Waals surface area contributed by atoms with E-state index in [-0.39, 0.29) is 6.61 Å². The van der Waals surface area contributed by atoms with Crippen LogP contribution < -0.4 is 0 Å². The molecule has 0 amide bonds. The van der Waals surface area contributed by atoms with E-state index in [4.69, 9.17) is 23.7 Å². The van der Waals surface area contributed by atoms with Crippen molar-refractivity contribution in [2.24, 2.45) is 0 Å². The van der Waals surface area contributed by atoms with Gasteiger partial charge in [0.1, 0.15) is 12.2 Å². The van der Waals surface area contributed by atoms with Gasteiger partial charge in [-0.25, -0.2) is 14.4 Å². The number of rotatable bonds is 8. The summed E-state index contributed by atoms with van der Waals surface area (Å²) in [5.74, 6) is -1.87. The smallest absolute Gasteiger partial charge is 0.338 e. The first-order valence-electron chi connectivity index (χ1n) is 11.4. The molecule has 36 heavy (non-hydrogen) atoms. The molecule has 0 aliphatic carbocycles. The van der Waals surface area contributed by atoms with Crippen LogP contribution in [0.25, 0.3) is 0 Å². The van der Waals surface area contributed by atoms with Gasteiger partial charge in [0.25, 0.3) is 0 Å². The first-order chi connectivity index (χ1) is 17.4. The lowest BCUT2D eigenvalue weighted by atomic mass is 9.97. The Balaban J connectivity index is 1.59. The van der Waals surface area contributed by atoms with Crippen LogP contribution >= 0.6 is 0 Å². The summed E-state index contributed by atoms with van der Waals surface area (Å²) in [5.41, 5.74) is -0.413. The number of hydrogen-bond donors (Lipinski definition) is 0. The third kappa shape index (κ3) is 5.62. The second kappa shape index (κ2) is 11.2. The van der Waals surface area contributed by atoms with Crippen LogP contribution in [0.4, 0.5) is 0 Å². The van der Waals surface area contributed by atoms with Crippen molar-refractivity contribution in [3.63, 3.8) is 0 Å². The molecule has 8 nitrogen and oxygen atoms in total. The van der Waals surface area contributed by atoms with Crippen molar-refractivity contribution in [3.8, 4) is 0 Å². The Morgan fingerprint density at radius 3 is 1.64 bits per heavy atom. The zero-order valence-electron chi connectivity index (χ0n) is 19.9. The van der Waals surface area contributed by atoms with Gasteiger partial charge in [-0.3, -0.25) is 0 Å². The number of carbonyl (C=O) groups is 3. The fourth-order valence-electron chi connectivity index (χ4n) is 3.89. The molecule has 0 spiro atoms. The molecule has 1 aliphatic rings. The van der Waals surface area contributed by atoms with Crippen LogP contribution in [-0.4, -0.2) is 55.7 Å². The lowest BCUT2D eigenvalue weighted by Crippen LogP contribution is -2.49. The molecule has 8 heteroatoms. The maximum absolute atomic E-state index is 13.0. The maximum Gasteiger partial charge on any atom is 0.338 e. The van der Waals surface area contributed by atoms with Gasteiger partial charge < -0.3 is 23.7 Å². The summed E-state index contributed by atoms with van der Waals surface area (Å²) in [5, 5.41) is 0. The number of hydrogen-bond acceptors (Lipinski definition) is 8. The highest BCUT2D eigenvalue weighted by molar-refractivity contribution is 5.91. The van der Waals surface area contributed by atoms with E-state index in [2.05, 4.69) is 0 Å². The molecule has 4 rings (SSSR count). The second-order valence-electron chi connectivity index (χ2n) is 8.40. The summed E-state index contributed by atoms with van der Waals surface area (Å²) >= 11 is 0. The Morgan fingerprint density at radius 2 is 1.17 bits per heavy atom. The Bertz CT molecular complexity index is 1180. The van der Waals surface area contributed by atoms with Gasteiger partial charge in [-0.05, 0) is 43.3 Å². The van der Waals surface area contributed by atoms with Crippen LogP contribution in [0.3, 0.4) is 0 Å². The molecule has 1 saturated heterocycles. The third-order valence-electron chi connectivity index (χ3n) is 5.78. The summed E-state index contributed by atoms with van der Waals surface area (Å²) in [7, 11) is 1.38. The van der Waals surface area contributed by atoms with Gasteiger partial charge in [-0.1, -0.05) is 54.6 Å². The minimum absolute atomic E-state index is 0.285. The van der Waals surface area contributed by atoms with Gasteiger partial charge >= 0.3 is 17.9 Å². The number of carbonyl (C=O) groups excluding carboxylic acids is 3. The van der Waals surface area contributed by atoms with E-state index >= 15 is 0 Å². The van der Waals surface area contributed by atoms with Crippen LogP contribution in [0.2, 0.25) is 0 Å². The quantitative estimate of drug-likeness (QED) is 0.345. The standard InChI is InChI=1S/C28H26O8/c1-28(18-33-24(29)19-12-6-3-7-13-19)23(35-26(31)21-16-10-5-11-17-21)22(27(32-2)36-28)34-25(30)20-14-8-4-9-15-20/h3-17,22-23,27H,18H2,1-2H3/t22-,23+,27+,28-/m1/s1. The number of methoxy groups -OCH3 is 1. The highest BCUT2D eigenvalue weighted by Crippen LogP contribution is 2.37. The summed E-state index contributed by atoms with van der Waals surface area (Å²) < 4.78 is 28.5. The van der Waals surface area contributed by atoms with Crippen molar-refractivity contribution in [1.82, 2.24) is 0 Å². The molecule has 3 aromatic rings. The van der Waals surface area contributed by atoms with Gasteiger partial charge in [0.2, 0.25) is 0 Å². The van der Waals surface area contributed by atoms with Crippen molar-refractivity contribution in [3.05, 3.63) is 108 Å². The van der Waals surface area contributed by atoms with Crippen molar-refractivity contribution >= 4 is 17.9 Å². The molecule has 0 radical (unpaired) electrons. The van der Waals surface area contributed by atoms with Crippen molar-refractivity contribution < 1.29 is 38.1 Å². The van der Waals surface area contributed by atoms with E-state index in [1.807, 2.05) is 0 Å². The number of esters is 3. The number of ether oxygens (including phenoxy) is 5. The molecule has 1 heterocycles. The van der Waals surface area contributed by atoms with Gasteiger partial charge in [0.15, 0.2) is 18.5 Å². The summed E-state index contributed by atoms with van der Waals surface area (Å²) in [4.78, 5) is 38.4. The molecular weight excluding hydrogens is 464 g/mol. The fourth-order valence-corrected chi connectivity index (χ4v) is 3.89. The second-order valence-corrected chi connectivity index (χ2v) is 8.40. The van der Waals surface area contributed by atoms with Crippen molar-refractivity contribution in [2.45, 2.75) is 31.0 Å². The Hall–Kier alpha value is -4.01. The fraction of sp³-hybridized carbons (Fsp3) is 0.250. The molecule has 1 aliphatic heterocycles. The highest BCUT2D eigenvalue weighted by Gasteiger charge is 2.58. The van der Waals surface area contributed by atoms with Crippen molar-refractivity contribution in [1.29, 1.82) is 0 Å². The molecule has 0 N–H and O–H groups in total. The van der Waals surface area contributed by atoms with Gasteiger partial charge in [-0.15, -0.1) is 0 Å². The third-order valence-corrected chi connectivity index (χ3v) is 5.78. The SMILES string of the molecule is CO[C@H]1O[C@](C)(COC(=O)c2ccccc2)[C@@H](OC(=O)c2ccccc2)[C@H]1OC(=O)c1ccccc1. The first kappa shape index (κ1) is 25.1. The van der Waals surface area contributed by atoms with Gasteiger partial charge in [0.05, 0.1) is 16.7 Å². The molecular formula is C28H26O8. The van der Waals surface area contributed by atoms with Crippen LogP contribution in [-0.2, 0) is 23.7 Å². The molecule has 0 aromatic heterocycles. The molecule has 1 fully saturated rings. The van der Waals surface area contributed by atoms with E-state index in [0.29, 0.717) is 16.7 Å². The zero-order chi connectivity index (χ0) is 25.5. The Kier molecular flexibility index (Phi) is 7.77. The van der Waals surface area contributed by atoms with Crippen LogP contribution in [0.1, 0.15) is 38.0 Å². The predicted molar refractivity (Wildman–Crippen MR) is 128 cm³/mol. The normalized spacial score (nSPS) is 23.0. The van der Waals surface area contributed by atoms with E-state index in [1.54, 1.807) is 97.9 Å².